The van der Waals surface area contributed by atoms with Gasteiger partial charge < -0.3 is 20.7 Å². The van der Waals surface area contributed by atoms with Crippen LogP contribution >= 0.6 is 0 Å². The lowest BCUT2D eigenvalue weighted by molar-refractivity contribution is -0.149. The number of nitrogens with one attached hydrogen (secondary N) is 1. The summed E-state index contributed by atoms with van der Waals surface area (Å²) in [5, 5.41) is 14.6. The fourth-order valence-electron chi connectivity index (χ4n) is 8.75. The molecule has 2 aromatic rings. The molecule has 206 valence electrons. The van der Waals surface area contributed by atoms with Crippen molar-refractivity contribution in [3.63, 3.8) is 0 Å². The van der Waals surface area contributed by atoms with Crippen LogP contribution in [0.3, 0.4) is 0 Å². The third-order valence-corrected chi connectivity index (χ3v) is 10.8. The van der Waals surface area contributed by atoms with Crippen molar-refractivity contribution in [2.24, 2.45) is 41.4 Å². The van der Waals surface area contributed by atoms with E-state index < -0.39 is 5.91 Å². The summed E-state index contributed by atoms with van der Waals surface area (Å²) in [5.41, 5.74) is 11.0. The Kier molecular flexibility index (Phi) is 7.00. The minimum absolute atomic E-state index is 0.00482. The molecule has 1 aromatic carbocycles. The van der Waals surface area contributed by atoms with E-state index in [2.05, 4.69) is 33.0 Å². The van der Waals surface area contributed by atoms with Crippen molar-refractivity contribution in [3.05, 3.63) is 41.1 Å². The van der Waals surface area contributed by atoms with Gasteiger partial charge in [-0.3, -0.25) is 9.59 Å². The summed E-state index contributed by atoms with van der Waals surface area (Å²) >= 11 is 0. The van der Waals surface area contributed by atoms with Crippen LogP contribution in [0.1, 0.15) is 95.8 Å². The summed E-state index contributed by atoms with van der Waals surface area (Å²) in [4.78, 5) is 24.7. The van der Waals surface area contributed by atoms with Crippen molar-refractivity contribution < 1.29 is 14.7 Å². The van der Waals surface area contributed by atoms with Gasteiger partial charge in [-0.15, -0.1) is 0 Å². The van der Waals surface area contributed by atoms with E-state index in [0.29, 0.717) is 35.4 Å². The van der Waals surface area contributed by atoms with Crippen molar-refractivity contribution in [1.29, 1.82) is 0 Å². The van der Waals surface area contributed by atoms with Gasteiger partial charge in [0.1, 0.15) is 0 Å². The molecule has 6 heteroatoms. The van der Waals surface area contributed by atoms with Gasteiger partial charge in [0.2, 0.25) is 5.91 Å². The van der Waals surface area contributed by atoms with Crippen LogP contribution in [0.15, 0.2) is 35.5 Å². The Hall–Kier alpha value is -2.60. The van der Waals surface area contributed by atoms with E-state index >= 15 is 0 Å². The second kappa shape index (κ2) is 9.86. The van der Waals surface area contributed by atoms with E-state index in [1.807, 2.05) is 29.8 Å². The molecule has 3 aliphatic rings. The number of carbonyl (C=O) groups excluding carboxylic acids is 2. The topological polar surface area (TPSA) is 97.4 Å². The van der Waals surface area contributed by atoms with Crippen LogP contribution in [0.2, 0.25) is 0 Å². The predicted octanol–water partition coefficient (Wildman–Crippen LogP) is 6.33. The molecule has 1 aromatic heterocycles. The molecule has 38 heavy (non-hydrogen) atoms. The number of nitrogens with zero attached hydrogens (tertiary/aromatic N) is 1. The van der Waals surface area contributed by atoms with Crippen molar-refractivity contribution in [1.82, 2.24) is 4.57 Å². The molecule has 0 aliphatic heterocycles. The molecule has 2 saturated carbocycles. The normalized spacial score (nSPS) is 30.6. The number of fused-ring (bicyclic) bond motifs is 4. The summed E-state index contributed by atoms with van der Waals surface area (Å²) in [7, 11) is 1.88. The number of primary amides is 1. The number of aliphatic hydroxyl groups is 1. The highest BCUT2D eigenvalue weighted by Crippen LogP contribution is 2.64. The Labute approximate surface area is 227 Å². The number of amides is 2. The summed E-state index contributed by atoms with van der Waals surface area (Å²) in [6.07, 6.45) is 10.7. The number of hydrogen-bond donors (Lipinski definition) is 3. The average Bonchev–Trinajstić information content (AvgIpc) is 3.19. The third kappa shape index (κ3) is 4.49. The van der Waals surface area contributed by atoms with Gasteiger partial charge in [-0.05, 0) is 105 Å². The number of allylic oxidation sites excluding steroid dienone is 2. The molecule has 4 N–H and O–H groups in total. The van der Waals surface area contributed by atoms with Gasteiger partial charge in [0, 0.05) is 36.3 Å². The predicted molar refractivity (Wildman–Crippen MR) is 153 cm³/mol. The van der Waals surface area contributed by atoms with Gasteiger partial charge in [-0.1, -0.05) is 31.9 Å². The SMILES string of the molecule is CC1=C(CCCC(=O)Nc2ccc3c(c2)c(C(N)=O)cn3C)[C@@H]2CC[C@H]3C(C)(C)[C@@H](O)CC[C@]3(C)[C@H]2CC1. The number of nitrogens with two attached hydrogens (primary N) is 1. The Morgan fingerprint density at radius 2 is 1.92 bits per heavy atom. The number of hydrogen-bond acceptors (Lipinski definition) is 3. The van der Waals surface area contributed by atoms with Crippen LogP contribution in [0.4, 0.5) is 5.69 Å². The monoisotopic (exact) mass is 519 g/mol. The first-order valence-electron chi connectivity index (χ1n) is 14.5. The summed E-state index contributed by atoms with van der Waals surface area (Å²) in [6, 6.07) is 5.63. The molecule has 3 aliphatic carbocycles. The number of aliphatic hydroxyl groups excluding tert-OH is 1. The zero-order valence-corrected chi connectivity index (χ0v) is 23.8. The average molecular weight is 520 g/mol. The smallest absolute Gasteiger partial charge is 0.250 e. The van der Waals surface area contributed by atoms with Crippen LogP contribution in [0.25, 0.3) is 10.9 Å². The highest BCUT2D eigenvalue weighted by atomic mass is 16.3. The molecule has 0 radical (unpaired) electrons. The molecule has 2 amide bonds. The zero-order valence-electron chi connectivity index (χ0n) is 23.8. The molecule has 1 heterocycles. The lowest BCUT2D eigenvalue weighted by Gasteiger charge is -2.62. The summed E-state index contributed by atoms with van der Waals surface area (Å²) in [5.74, 6) is 1.40. The minimum Gasteiger partial charge on any atom is -0.393 e. The number of rotatable bonds is 6. The van der Waals surface area contributed by atoms with Crippen LogP contribution in [-0.2, 0) is 11.8 Å². The van der Waals surface area contributed by atoms with Gasteiger partial charge >= 0.3 is 0 Å². The van der Waals surface area contributed by atoms with E-state index in [4.69, 9.17) is 5.73 Å². The number of benzene rings is 1. The fourth-order valence-corrected chi connectivity index (χ4v) is 8.75. The van der Waals surface area contributed by atoms with E-state index in [9.17, 15) is 14.7 Å². The van der Waals surface area contributed by atoms with Gasteiger partial charge in [-0.25, -0.2) is 0 Å². The highest BCUT2D eigenvalue weighted by Gasteiger charge is 2.58. The first-order valence-corrected chi connectivity index (χ1v) is 14.5. The van der Waals surface area contributed by atoms with Crippen molar-refractivity contribution >= 4 is 28.4 Å². The molecule has 6 nitrogen and oxygen atoms in total. The summed E-state index contributed by atoms with van der Waals surface area (Å²) in [6.45, 7) is 9.39. The second-order valence-electron chi connectivity index (χ2n) is 13.2. The van der Waals surface area contributed by atoms with E-state index in [-0.39, 0.29) is 22.8 Å². The lowest BCUT2D eigenvalue weighted by atomic mass is 9.43. The first kappa shape index (κ1) is 27.0. The molecule has 2 fully saturated rings. The maximum Gasteiger partial charge on any atom is 0.250 e. The molecule has 5 rings (SSSR count). The standard InChI is InChI=1S/C32H45N3O3/c1-19-9-12-25-22(11-14-27-31(2,3)28(36)15-16-32(25,27)4)21(19)7-6-8-29(37)34-20-10-13-26-23(17-20)24(30(33)38)18-35(26)5/h10,13,17-18,22,25,27-28,36H,6-9,11-12,14-16H2,1-5H3,(H2,33,38)(H,34,37)/t22-,25-,27-,28-,32+/m0/s1. The van der Waals surface area contributed by atoms with E-state index in [1.54, 1.807) is 11.8 Å². The van der Waals surface area contributed by atoms with Gasteiger partial charge in [-0.2, -0.15) is 0 Å². The molecule has 0 spiro atoms. The van der Waals surface area contributed by atoms with Crippen molar-refractivity contribution in [3.8, 4) is 0 Å². The molecular weight excluding hydrogens is 474 g/mol. The number of carbonyl (C=O) groups is 2. The zero-order chi connectivity index (χ0) is 27.4. The maximum absolute atomic E-state index is 12.9. The van der Waals surface area contributed by atoms with Crippen LogP contribution in [-0.4, -0.2) is 27.6 Å². The molecule has 5 atom stereocenters. The molecular formula is C32H45N3O3. The Bertz CT molecular complexity index is 1290. The largest absolute Gasteiger partial charge is 0.393 e. The molecule has 0 unspecified atom stereocenters. The quantitative estimate of drug-likeness (QED) is 0.389. The number of aromatic nitrogens is 1. The second-order valence-corrected chi connectivity index (χ2v) is 13.2. The van der Waals surface area contributed by atoms with Gasteiger partial charge in [0.15, 0.2) is 0 Å². The van der Waals surface area contributed by atoms with Crippen LogP contribution in [0.5, 0.6) is 0 Å². The molecule has 0 saturated heterocycles. The lowest BCUT2D eigenvalue weighted by Crippen LogP contribution is -2.56. The Morgan fingerprint density at radius 1 is 1.16 bits per heavy atom. The maximum atomic E-state index is 12.9. The van der Waals surface area contributed by atoms with Crippen LogP contribution in [0, 0.1) is 28.6 Å². The Morgan fingerprint density at radius 3 is 2.66 bits per heavy atom. The van der Waals surface area contributed by atoms with Gasteiger partial charge in [0.25, 0.3) is 5.91 Å². The number of anilines is 1. The van der Waals surface area contributed by atoms with Crippen LogP contribution < -0.4 is 11.1 Å². The van der Waals surface area contributed by atoms with E-state index in [0.717, 1.165) is 43.0 Å². The summed E-state index contributed by atoms with van der Waals surface area (Å²) < 4.78 is 1.87. The minimum atomic E-state index is -0.468. The Balaban J connectivity index is 1.23. The van der Waals surface area contributed by atoms with Gasteiger partial charge in [0.05, 0.1) is 11.7 Å². The first-order chi connectivity index (χ1) is 17.9. The fraction of sp³-hybridized carbons (Fsp3) is 0.625. The highest BCUT2D eigenvalue weighted by molar-refractivity contribution is 6.07. The van der Waals surface area contributed by atoms with E-state index in [1.165, 1.54) is 24.8 Å². The third-order valence-electron chi connectivity index (χ3n) is 10.8. The molecule has 0 bridgehead atoms. The number of aryl methyl sites for hydroxylation is 1. The van der Waals surface area contributed by atoms with Crippen molar-refractivity contribution in [2.75, 3.05) is 5.32 Å². The van der Waals surface area contributed by atoms with Crippen molar-refractivity contribution in [2.45, 2.75) is 91.6 Å².